The maximum atomic E-state index is 12.9. The van der Waals surface area contributed by atoms with Crippen molar-refractivity contribution in [2.24, 2.45) is 0 Å². The van der Waals surface area contributed by atoms with Gasteiger partial charge in [0.2, 0.25) is 0 Å². The largest absolute Gasteiger partial charge is 0.355 e. The second kappa shape index (κ2) is 6.11. The lowest BCUT2D eigenvalue weighted by Gasteiger charge is -2.24. The number of sulfone groups is 1. The monoisotopic (exact) mass is 336 g/mol. The molecule has 1 fully saturated rings. The van der Waals surface area contributed by atoms with Gasteiger partial charge in [0.05, 0.1) is 11.5 Å². The number of anilines is 3. The fraction of sp³-hybridized carbons (Fsp3) is 0.333. The highest BCUT2D eigenvalue weighted by Crippen LogP contribution is 2.23. The lowest BCUT2D eigenvalue weighted by molar-refractivity contribution is 0.600. The average Bonchev–Trinajstić information content (AvgIpc) is 2.89. The molecule has 0 spiro atoms. The predicted molar refractivity (Wildman–Crippen MR) is 87.2 cm³/mol. The van der Waals surface area contributed by atoms with Crippen molar-refractivity contribution in [3.63, 3.8) is 0 Å². The minimum atomic E-state index is -2.95. The van der Waals surface area contributed by atoms with Crippen LogP contribution in [0.2, 0.25) is 0 Å². The Morgan fingerprint density at radius 2 is 2.00 bits per heavy atom. The molecule has 0 amide bonds. The number of nitrogens with zero attached hydrogens (tertiary/aromatic N) is 3. The van der Waals surface area contributed by atoms with E-state index in [1.165, 1.54) is 18.5 Å². The molecule has 1 atom stereocenters. The quantitative estimate of drug-likeness (QED) is 0.920. The van der Waals surface area contributed by atoms with Gasteiger partial charge in [0, 0.05) is 24.8 Å². The van der Waals surface area contributed by atoms with Gasteiger partial charge in [0.1, 0.15) is 23.8 Å². The van der Waals surface area contributed by atoms with Crippen LogP contribution in [0.25, 0.3) is 0 Å². The van der Waals surface area contributed by atoms with Gasteiger partial charge in [-0.1, -0.05) is 0 Å². The van der Waals surface area contributed by atoms with Crippen LogP contribution in [-0.2, 0) is 9.84 Å². The highest BCUT2D eigenvalue weighted by molar-refractivity contribution is 7.91. The number of aromatic nitrogens is 2. The van der Waals surface area contributed by atoms with Crippen molar-refractivity contribution < 1.29 is 12.8 Å². The molecule has 1 aromatic carbocycles. The maximum absolute atomic E-state index is 12.9. The van der Waals surface area contributed by atoms with Gasteiger partial charge in [-0.25, -0.2) is 22.8 Å². The van der Waals surface area contributed by atoms with Crippen LogP contribution in [-0.4, -0.2) is 43.0 Å². The van der Waals surface area contributed by atoms with Crippen molar-refractivity contribution in [1.82, 2.24) is 9.97 Å². The summed E-state index contributed by atoms with van der Waals surface area (Å²) < 4.78 is 36.1. The van der Waals surface area contributed by atoms with Crippen molar-refractivity contribution in [3.8, 4) is 0 Å². The van der Waals surface area contributed by atoms with Crippen LogP contribution in [0, 0.1) is 5.82 Å². The third kappa shape index (κ3) is 3.76. The number of hydrogen-bond acceptors (Lipinski definition) is 6. The van der Waals surface area contributed by atoms with Gasteiger partial charge in [-0.15, -0.1) is 0 Å². The zero-order chi connectivity index (χ0) is 16.4. The van der Waals surface area contributed by atoms with E-state index in [1.807, 2.05) is 11.9 Å². The molecule has 1 aliphatic heterocycles. The van der Waals surface area contributed by atoms with Crippen molar-refractivity contribution >= 4 is 27.2 Å². The molecule has 3 rings (SSSR count). The first-order valence-corrected chi connectivity index (χ1v) is 9.03. The molecule has 2 aromatic rings. The van der Waals surface area contributed by atoms with Crippen LogP contribution >= 0.6 is 0 Å². The lowest BCUT2D eigenvalue weighted by Crippen LogP contribution is -2.33. The van der Waals surface area contributed by atoms with Gasteiger partial charge < -0.3 is 10.2 Å². The molecule has 6 nitrogen and oxygen atoms in total. The zero-order valence-electron chi connectivity index (χ0n) is 12.6. The van der Waals surface area contributed by atoms with Crippen molar-refractivity contribution in [2.45, 2.75) is 12.5 Å². The van der Waals surface area contributed by atoms with Gasteiger partial charge in [-0.05, 0) is 30.7 Å². The number of hydrogen-bond donors (Lipinski definition) is 1. The normalized spacial score (nSPS) is 19.5. The van der Waals surface area contributed by atoms with Crippen LogP contribution in [0.15, 0.2) is 36.7 Å². The molecule has 8 heteroatoms. The lowest BCUT2D eigenvalue weighted by atomic mass is 10.2. The van der Waals surface area contributed by atoms with E-state index in [9.17, 15) is 12.8 Å². The minimum Gasteiger partial charge on any atom is -0.355 e. The molecule has 1 saturated heterocycles. The zero-order valence-corrected chi connectivity index (χ0v) is 13.4. The predicted octanol–water partition coefficient (Wildman–Crippen LogP) is 1.98. The highest BCUT2D eigenvalue weighted by atomic mass is 32.2. The van der Waals surface area contributed by atoms with Crippen molar-refractivity contribution in [1.29, 1.82) is 0 Å². The summed E-state index contributed by atoms with van der Waals surface area (Å²) in [6.07, 6.45) is 2.02. The first-order valence-electron chi connectivity index (χ1n) is 7.21. The van der Waals surface area contributed by atoms with E-state index in [1.54, 1.807) is 18.2 Å². The minimum absolute atomic E-state index is 0.0754. The molecular formula is C15H17FN4O2S. The average molecular weight is 336 g/mol. The molecule has 23 heavy (non-hydrogen) atoms. The second-order valence-electron chi connectivity index (χ2n) is 5.56. The van der Waals surface area contributed by atoms with Gasteiger partial charge in [0.15, 0.2) is 9.84 Å². The fourth-order valence-corrected chi connectivity index (χ4v) is 4.33. The van der Waals surface area contributed by atoms with Crippen LogP contribution in [0.1, 0.15) is 6.42 Å². The molecule has 2 heterocycles. The van der Waals surface area contributed by atoms with E-state index in [0.29, 0.717) is 23.7 Å². The molecule has 0 aliphatic carbocycles. The number of rotatable bonds is 4. The molecule has 1 N–H and O–H groups in total. The SMILES string of the molecule is CN(c1cc(Nc2ccc(F)cc2)ncn1)C1CCS(=O)(=O)C1. The summed E-state index contributed by atoms with van der Waals surface area (Å²) in [5.74, 6) is 1.27. The molecule has 0 bridgehead atoms. The topological polar surface area (TPSA) is 75.2 Å². The summed E-state index contributed by atoms with van der Waals surface area (Å²) in [7, 11) is -1.12. The van der Waals surface area contributed by atoms with E-state index in [4.69, 9.17) is 0 Å². The second-order valence-corrected chi connectivity index (χ2v) is 7.79. The number of benzene rings is 1. The fourth-order valence-electron chi connectivity index (χ4n) is 2.56. The Morgan fingerprint density at radius 1 is 1.26 bits per heavy atom. The first-order chi connectivity index (χ1) is 10.9. The Morgan fingerprint density at radius 3 is 2.65 bits per heavy atom. The Labute approximate surface area is 134 Å². The molecule has 1 aromatic heterocycles. The summed E-state index contributed by atoms with van der Waals surface area (Å²) in [6, 6.07) is 7.62. The van der Waals surface area contributed by atoms with E-state index in [-0.39, 0.29) is 23.4 Å². The Hall–Kier alpha value is -2.22. The molecular weight excluding hydrogens is 319 g/mol. The van der Waals surface area contributed by atoms with Gasteiger partial charge in [0.25, 0.3) is 0 Å². The third-order valence-corrected chi connectivity index (χ3v) is 5.64. The summed E-state index contributed by atoms with van der Waals surface area (Å²) in [4.78, 5) is 10.2. The van der Waals surface area contributed by atoms with Gasteiger partial charge in [-0.3, -0.25) is 0 Å². The number of halogens is 1. The van der Waals surface area contributed by atoms with Gasteiger partial charge >= 0.3 is 0 Å². The van der Waals surface area contributed by atoms with Crippen molar-refractivity contribution in [3.05, 3.63) is 42.5 Å². The molecule has 0 saturated carbocycles. The Bertz CT molecular complexity index is 795. The maximum Gasteiger partial charge on any atom is 0.152 e. The van der Waals surface area contributed by atoms with Crippen LogP contribution in [0.5, 0.6) is 0 Å². The van der Waals surface area contributed by atoms with E-state index < -0.39 is 9.84 Å². The third-order valence-electron chi connectivity index (χ3n) is 3.89. The van der Waals surface area contributed by atoms with Crippen LogP contribution in [0.4, 0.5) is 21.7 Å². The Kier molecular flexibility index (Phi) is 4.16. The molecule has 1 aliphatic rings. The van der Waals surface area contributed by atoms with Crippen LogP contribution < -0.4 is 10.2 Å². The van der Waals surface area contributed by atoms with Gasteiger partial charge in [-0.2, -0.15) is 0 Å². The van der Waals surface area contributed by atoms with Crippen LogP contribution in [0.3, 0.4) is 0 Å². The molecule has 122 valence electrons. The van der Waals surface area contributed by atoms with E-state index >= 15 is 0 Å². The summed E-state index contributed by atoms with van der Waals surface area (Å²) >= 11 is 0. The van der Waals surface area contributed by atoms with E-state index in [2.05, 4.69) is 15.3 Å². The Balaban J connectivity index is 1.75. The summed E-state index contributed by atoms with van der Waals surface area (Å²) in [6.45, 7) is 0. The smallest absolute Gasteiger partial charge is 0.152 e. The van der Waals surface area contributed by atoms with Crippen molar-refractivity contribution in [2.75, 3.05) is 28.8 Å². The highest BCUT2D eigenvalue weighted by Gasteiger charge is 2.31. The summed E-state index contributed by atoms with van der Waals surface area (Å²) in [5.41, 5.74) is 0.710. The molecule has 1 unspecified atom stereocenters. The first kappa shape index (κ1) is 15.7. The van der Waals surface area contributed by atoms with E-state index in [0.717, 1.165) is 0 Å². The number of nitrogens with one attached hydrogen (secondary N) is 1. The summed E-state index contributed by atoms with van der Waals surface area (Å²) in [5, 5.41) is 3.07. The molecule has 0 radical (unpaired) electrons. The standard InChI is InChI=1S/C15H17FN4O2S/c1-20(13-6-7-23(21,22)9-13)15-8-14(17-10-18-15)19-12-4-2-11(16)3-5-12/h2-5,8,10,13H,6-7,9H2,1H3,(H,17,18,19).